The zero-order valence-corrected chi connectivity index (χ0v) is 11.4. The monoisotopic (exact) mass is 267 g/mol. The van der Waals surface area contributed by atoms with Crippen molar-refractivity contribution in [2.75, 3.05) is 26.7 Å². The quantitative estimate of drug-likeness (QED) is 0.712. The van der Waals surface area contributed by atoms with Gasteiger partial charge >= 0.3 is 0 Å². The summed E-state index contributed by atoms with van der Waals surface area (Å²) in [5.74, 6) is -0.262. The number of hydrogen-bond acceptors (Lipinski definition) is 4. The van der Waals surface area contributed by atoms with Crippen molar-refractivity contribution in [3.8, 4) is 0 Å². The van der Waals surface area contributed by atoms with Gasteiger partial charge in [-0.25, -0.2) is 0 Å². The zero-order valence-electron chi connectivity index (χ0n) is 11.4. The van der Waals surface area contributed by atoms with Crippen molar-refractivity contribution in [3.63, 3.8) is 0 Å². The molecule has 1 N–H and O–H groups in total. The SMILES string of the molecule is CNC1CCCN(C(=O)CCN2C(=O)CCC2=O)C1. The highest BCUT2D eigenvalue weighted by Crippen LogP contribution is 2.14. The van der Waals surface area contributed by atoms with E-state index >= 15 is 0 Å². The third-order valence-electron chi connectivity index (χ3n) is 3.89. The van der Waals surface area contributed by atoms with Gasteiger partial charge in [0.05, 0.1) is 0 Å². The first-order chi connectivity index (χ1) is 9.11. The summed E-state index contributed by atoms with van der Waals surface area (Å²) in [5, 5.41) is 3.19. The molecule has 0 spiro atoms. The molecule has 1 unspecified atom stereocenters. The number of nitrogens with zero attached hydrogens (tertiary/aromatic N) is 2. The van der Waals surface area contributed by atoms with Crippen molar-refractivity contribution < 1.29 is 14.4 Å². The first-order valence-electron chi connectivity index (χ1n) is 6.90. The van der Waals surface area contributed by atoms with Crippen molar-refractivity contribution >= 4 is 17.7 Å². The Balaban J connectivity index is 1.81. The Hall–Kier alpha value is -1.43. The standard InChI is InChI=1S/C13H21N3O3/c1-14-10-3-2-7-15(9-10)11(17)6-8-16-12(18)4-5-13(16)19/h10,14H,2-9H2,1H3. The number of carbonyl (C=O) groups is 3. The number of amides is 3. The molecule has 6 heteroatoms. The van der Waals surface area contributed by atoms with E-state index in [9.17, 15) is 14.4 Å². The van der Waals surface area contributed by atoms with E-state index in [1.807, 2.05) is 11.9 Å². The number of likely N-dealkylation sites (N-methyl/N-ethyl adjacent to an activating group) is 1. The average Bonchev–Trinajstić information content (AvgIpc) is 2.75. The molecule has 2 aliphatic heterocycles. The molecule has 6 nitrogen and oxygen atoms in total. The second kappa shape index (κ2) is 6.14. The predicted octanol–water partition coefficient (Wildman–Crippen LogP) is -0.264. The minimum Gasteiger partial charge on any atom is -0.341 e. The lowest BCUT2D eigenvalue weighted by molar-refractivity contribution is -0.139. The Morgan fingerprint density at radius 3 is 2.63 bits per heavy atom. The molecular weight excluding hydrogens is 246 g/mol. The molecule has 0 aliphatic carbocycles. The second-order valence-corrected chi connectivity index (χ2v) is 5.16. The molecule has 2 saturated heterocycles. The van der Waals surface area contributed by atoms with Gasteiger partial charge in [-0.3, -0.25) is 19.3 Å². The minimum atomic E-state index is -0.149. The van der Waals surface area contributed by atoms with Crippen LogP contribution in [-0.2, 0) is 14.4 Å². The molecule has 2 fully saturated rings. The van der Waals surface area contributed by atoms with Gasteiger partial charge in [0.2, 0.25) is 17.7 Å². The first kappa shape index (κ1) is 14.0. The third-order valence-corrected chi connectivity index (χ3v) is 3.89. The maximum Gasteiger partial charge on any atom is 0.229 e. The Labute approximate surface area is 113 Å². The fourth-order valence-electron chi connectivity index (χ4n) is 2.68. The largest absolute Gasteiger partial charge is 0.341 e. The van der Waals surface area contributed by atoms with Crippen molar-refractivity contribution in [2.45, 2.75) is 38.1 Å². The smallest absolute Gasteiger partial charge is 0.229 e. The zero-order chi connectivity index (χ0) is 13.8. The van der Waals surface area contributed by atoms with Crippen molar-refractivity contribution in [1.29, 1.82) is 0 Å². The van der Waals surface area contributed by atoms with Gasteiger partial charge in [-0.15, -0.1) is 0 Å². The van der Waals surface area contributed by atoms with Gasteiger partial charge in [-0.1, -0.05) is 0 Å². The maximum absolute atomic E-state index is 12.1. The number of rotatable bonds is 4. The molecule has 106 valence electrons. The summed E-state index contributed by atoms with van der Waals surface area (Å²) in [6, 6.07) is 0.354. The highest BCUT2D eigenvalue weighted by Gasteiger charge is 2.30. The lowest BCUT2D eigenvalue weighted by Crippen LogP contribution is -2.47. The van der Waals surface area contributed by atoms with E-state index in [4.69, 9.17) is 0 Å². The van der Waals surface area contributed by atoms with Crippen LogP contribution in [0.25, 0.3) is 0 Å². The summed E-state index contributed by atoms with van der Waals surface area (Å²) in [5.41, 5.74) is 0. The summed E-state index contributed by atoms with van der Waals surface area (Å²) < 4.78 is 0. The van der Waals surface area contributed by atoms with Gasteiger partial charge in [0, 0.05) is 44.9 Å². The van der Waals surface area contributed by atoms with E-state index in [1.165, 1.54) is 4.90 Å². The number of hydrogen-bond donors (Lipinski definition) is 1. The van der Waals surface area contributed by atoms with E-state index in [2.05, 4.69) is 5.32 Å². The van der Waals surface area contributed by atoms with Gasteiger partial charge in [0.1, 0.15) is 0 Å². The van der Waals surface area contributed by atoms with Crippen LogP contribution in [0.5, 0.6) is 0 Å². The minimum absolute atomic E-state index is 0.0347. The molecule has 2 rings (SSSR count). The normalized spacial score (nSPS) is 24.2. The van der Waals surface area contributed by atoms with Gasteiger partial charge in [-0.05, 0) is 19.9 Å². The molecule has 1 atom stereocenters. The van der Waals surface area contributed by atoms with Crippen LogP contribution in [0.4, 0.5) is 0 Å². The Kier molecular flexibility index (Phi) is 4.52. The number of imide groups is 1. The Morgan fingerprint density at radius 1 is 1.32 bits per heavy atom. The highest BCUT2D eigenvalue weighted by molar-refractivity contribution is 6.02. The number of piperidine rings is 1. The summed E-state index contributed by atoms with van der Waals surface area (Å²) in [4.78, 5) is 38.0. The molecule has 0 aromatic carbocycles. The van der Waals surface area contributed by atoms with Gasteiger partial charge < -0.3 is 10.2 Å². The molecule has 0 radical (unpaired) electrons. The molecule has 0 aromatic heterocycles. The number of carbonyl (C=O) groups excluding carboxylic acids is 3. The maximum atomic E-state index is 12.1. The van der Waals surface area contributed by atoms with Crippen LogP contribution in [0, 0.1) is 0 Å². The Bertz CT molecular complexity index is 367. The average molecular weight is 267 g/mol. The first-order valence-corrected chi connectivity index (χ1v) is 6.90. The lowest BCUT2D eigenvalue weighted by Gasteiger charge is -2.33. The fraction of sp³-hybridized carbons (Fsp3) is 0.769. The summed E-state index contributed by atoms with van der Waals surface area (Å²) >= 11 is 0. The molecular formula is C13H21N3O3. The van der Waals surface area contributed by atoms with Crippen molar-refractivity contribution in [3.05, 3.63) is 0 Å². The van der Waals surface area contributed by atoms with Crippen LogP contribution < -0.4 is 5.32 Å². The highest BCUT2D eigenvalue weighted by atomic mass is 16.2. The molecule has 2 aliphatic rings. The van der Waals surface area contributed by atoms with Crippen LogP contribution in [0.15, 0.2) is 0 Å². The van der Waals surface area contributed by atoms with Crippen LogP contribution in [-0.4, -0.2) is 60.2 Å². The summed E-state index contributed by atoms with van der Waals surface area (Å²) in [6.07, 6.45) is 2.91. The van der Waals surface area contributed by atoms with Crippen LogP contribution in [0.2, 0.25) is 0 Å². The van der Waals surface area contributed by atoms with Gasteiger partial charge in [-0.2, -0.15) is 0 Å². The summed E-state index contributed by atoms with van der Waals surface area (Å²) in [7, 11) is 1.90. The molecule has 19 heavy (non-hydrogen) atoms. The van der Waals surface area contributed by atoms with Crippen molar-refractivity contribution in [2.24, 2.45) is 0 Å². The predicted molar refractivity (Wildman–Crippen MR) is 69.2 cm³/mol. The van der Waals surface area contributed by atoms with Crippen LogP contribution in [0.1, 0.15) is 32.1 Å². The van der Waals surface area contributed by atoms with Gasteiger partial charge in [0.25, 0.3) is 0 Å². The molecule has 0 aromatic rings. The third kappa shape index (κ3) is 3.32. The molecule has 0 saturated carbocycles. The topological polar surface area (TPSA) is 69.7 Å². The second-order valence-electron chi connectivity index (χ2n) is 5.16. The van der Waals surface area contributed by atoms with E-state index in [0.29, 0.717) is 18.9 Å². The van der Waals surface area contributed by atoms with E-state index in [1.54, 1.807) is 0 Å². The molecule has 2 heterocycles. The Morgan fingerprint density at radius 2 is 2.00 bits per heavy atom. The van der Waals surface area contributed by atoms with Crippen LogP contribution >= 0.6 is 0 Å². The van der Waals surface area contributed by atoms with E-state index in [-0.39, 0.29) is 30.7 Å². The van der Waals surface area contributed by atoms with Gasteiger partial charge in [0.15, 0.2) is 0 Å². The summed E-state index contributed by atoms with van der Waals surface area (Å²) in [6.45, 7) is 1.73. The fourth-order valence-corrected chi connectivity index (χ4v) is 2.68. The van der Waals surface area contributed by atoms with E-state index < -0.39 is 0 Å². The van der Waals surface area contributed by atoms with E-state index in [0.717, 1.165) is 25.9 Å². The molecule has 3 amide bonds. The van der Waals surface area contributed by atoms with Crippen LogP contribution in [0.3, 0.4) is 0 Å². The van der Waals surface area contributed by atoms with Crippen molar-refractivity contribution in [1.82, 2.24) is 15.1 Å². The lowest BCUT2D eigenvalue weighted by atomic mass is 10.1. The number of likely N-dealkylation sites (tertiary alicyclic amines) is 2. The molecule has 0 bridgehead atoms. The number of nitrogens with one attached hydrogen (secondary N) is 1.